The van der Waals surface area contributed by atoms with Crippen LogP contribution < -0.4 is 5.73 Å². The van der Waals surface area contributed by atoms with Crippen molar-refractivity contribution in [3.63, 3.8) is 0 Å². The summed E-state index contributed by atoms with van der Waals surface area (Å²) in [7, 11) is 0. The van der Waals surface area contributed by atoms with Crippen LogP contribution in [-0.4, -0.2) is 22.8 Å². The molecule has 0 radical (unpaired) electrons. The molecule has 1 aromatic carbocycles. The molecule has 0 atom stereocenters. The van der Waals surface area contributed by atoms with E-state index in [4.69, 9.17) is 10.5 Å². The summed E-state index contributed by atoms with van der Waals surface area (Å²) >= 11 is 0. The Morgan fingerprint density at radius 3 is 2.94 bits per heavy atom. The quantitative estimate of drug-likeness (QED) is 0.883. The van der Waals surface area contributed by atoms with Gasteiger partial charge in [-0.3, -0.25) is 0 Å². The van der Waals surface area contributed by atoms with Crippen molar-refractivity contribution in [2.45, 2.75) is 26.3 Å². The number of benzene rings is 1. The zero-order chi connectivity index (χ0) is 12.5. The van der Waals surface area contributed by atoms with Crippen LogP contribution in [0.4, 0.5) is 5.95 Å². The lowest BCUT2D eigenvalue weighted by Crippen LogP contribution is -2.21. The van der Waals surface area contributed by atoms with E-state index < -0.39 is 0 Å². The van der Waals surface area contributed by atoms with E-state index in [-0.39, 0.29) is 0 Å². The summed E-state index contributed by atoms with van der Waals surface area (Å²) in [5.41, 5.74) is 9.48. The number of anilines is 1. The van der Waals surface area contributed by atoms with E-state index in [1.807, 2.05) is 12.1 Å². The van der Waals surface area contributed by atoms with E-state index in [9.17, 15) is 0 Å². The molecule has 4 heteroatoms. The van der Waals surface area contributed by atoms with E-state index in [0.29, 0.717) is 11.9 Å². The first-order valence-corrected chi connectivity index (χ1v) is 6.55. The molecule has 0 saturated carbocycles. The summed E-state index contributed by atoms with van der Waals surface area (Å²) in [6.07, 6.45) is 2.23. The largest absolute Gasteiger partial charge is 0.381 e. The smallest absolute Gasteiger partial charge is 0.201 e. The minimum atomic E-state index is 0.630. The number of nitrogen functional groups attached to an aromatic ring is 1. The summed E-state index contributed by atoms with van der Waals surface area (Å²) in [6, 6.07) is 6.17. The summed E-state index contributed by atoms with van der Waals surface area (Å²) in [5.74, 6) is 1.28. The topological polar surface area (TPSA) is 53.1 Å². The molecule has 96 valence electrons. The fourth-order valence-electron chi connectivity index (χ4n) is 2.76. The fraction of sp³-hybridized carbons (Fsp3) is 0.500. The third kappa shape index (κ3) is 1.97. The average molecular weight is 245 g/mol. The number of nitrogens with zero attached hydrogens (tertiary/aromatic N) is 2. The molecule has 1 fully saturated rings. The lowest BCUT2D eigenvalue weighted by molar-refractivity contribution is 0.0617. The fourth-order valence-corrected chi connectivity index (χ4v) is 2.76. The van der Waals surface area contributed by atoms with Crippen molar-refractivity contribution in [1.29, 1.82) is 0 Å². The molecule has 0 bridgehead atoms. The van der Waals surface area contributed by atoms with Gasteiger partial charge in [-0.15, -0.1) is 0 Å². The molecule has 1 aromatic heterocycles. The zero-order valence-electron chi connectivity index (χ0n) is 10.7. The predicted molar refractivity (Wildman–Crippen MR) is 72.4 cm³/mol. The van der Waals surface area contributed by atoms with Gasteiger partial charge in [0.25, 0.3) is 0 Å². The second-order valence-corrected chi connectivity index (χ2v) is 5.08. The standard InChI is InChI=1S/C14H19N3O/c1-10-3-2-4-12-13(10)17(14(15)16-12)9-11-5-7-18-8-6-11/h2-4,11H,5-9H2,1H3,(H2,15,16). The predicted octanol–water partition coefficient (Wildman–Crippen LogP) is 2.35. The Hall–Kier alpha value is -1.55. The van der Waals surface area contributed by atoms with Crippen LogP contribution in [0.25, 0.3) is 11.0 Å². The summed E-state index contributed by atoms with van der Waals surface area (Å²) in [5, 5.41) is 0. The Balaban J connectivity index is 1.97. The second-order valence-electron chi connectivity index (χ2n) is 5.08. The molecule has 0 spiro atoms. The minimum Gasteiger partial charge on any atom is -0.381 e. The van der Waals surface area contributed by atoms with E-state index in [0.717, 1.165) is 38.1 Å². The minimum absolute atomic E-state index is 0.630. The number of nitrogens with two attached hydrogens (primary N) is 1. The number of hydrogen-bond acceptors (Lipinski definition) is 3. The molecule has 1 saturated heterocycles. The van der Waals surface area contributed by atoms with Crippen LogP contribution in [0.3, 0.4) is 0 Å². The van der Waals surface area contributed by atoms with Crippen LogP contribution in [0.5, 0.6) is 0 Å². The highest BCUT2D eigenvalue weighted by molar-refractivity contribution is 5.81. The summed E-state index contributed by atoms with van der Waals surface area (Å²) in [4.78, 5) is 4.45. The van der Waals surface area contributed by atoms with Gasteiger partial charge in [-0.25, -0.2) is 4.98 Å². The number of imidazole rings is 1. The van der Waals surface area contributed by atoms with E-state index in [2.05, 4.69) is 22.5 Å². The maximum absolute atomic E-state index is 6.06. The highest BCUT2D eigenvalue weighted by Gasteiger charge is 2.18. The van der Waals surface area contributed by atoms with Gasteiger partial charge in [-0.1, -0.05) is 12.1 Å². The Kier molecular flexibility index (Phi) is 2.96. The van der Waals surface area contributed by atoms with Crippen molar-refractivity contribution >= 4 is 17.0 Å². The molecule has 0 amide bonds. The van der Waals surface area contributed by atoms with Gasteiger partial charge in [0.15, 0.2) is 0 Å². The van der Waals surface area contributed by atoms with Crippen LogP contribution in [-0.2, 0) is 11.3 Å². The van der Waals surface area contributed by atoms with Crippen LogP contribution in [0.1, 0.15) is 18.4 Å². The number of hydrogen-bond donors (Lipinski definition) is 1. The van der Waals surface area contributed by atoms with Gasteiger partial charge < -0.3 is 15.0 Å². The van der Waals surface area contributed by atoms with E-state index >= 15 is 0 Å². The molecule has 2 heterocycles. The molecule has 1 aliphatic heterocycles. The Labute approximate surface area is 107 Å². The van der Waals surface area contributed by atoms with Gasteiger partial charge >= 0.3 is 0 Å². The van der Waals surface area contributed by atoms with E-state index in [1.165, 1.54) is 11.1 Å². The van der Waals surface area contributed by atoms with Gasteiger partial charge in [-0.2, -0.15) is 0 Å². The molecule has 2 aromatic rings. The molecule has 18 heavy (non-hydrogen) atoms. The van der Waals surface area contributed by atoms with Crippen molar-refractivity contribution in [2.24, 2.45) is 5.92 Å². The first-order chi connectivity index (χ1) is 8.75. The summed E-state index contributed by atoms with van der Waals surface area (Å²) in [6.45, 7) is 4.81. The number of ether oxygens (including phenoxy) is 1. The normalized spacial score (nSPS) is 17.4. The first kappa shape index (κ1) is 11.5. The first-order valence-electron chi connectivity index (χ1n) is 6.55. The van der Waals surface area contributed by atoms with Crippen molar-refractivity contribution in [3.05, 3.63) is 23.8 Å². The zero-order valence-corrected chi connectivity index (χ0v) is 10.7. The number of aromatic nitrogens is 2. The molecule has 2 N–H and O–H groups in total. The lowest BCUT2D eigenvalue weighted by atomic mass is 10.0. The summed E-state index contributed by atoms with van der Waals surface area (Å²) < 4.78 is 7.57. The number of para-hydroxylation sites is 1. The highest BCUT2D eigenvalue weighted by atomic mass is 16.5. The third-order valence-electron chi connectivity index (χ3n) is 3.78. The Bertz CT molecular complexity index is 555. The monoisotopic (exact) mass is 245 g/mol. The van der Waals surface area contributed by atoms with Crippen LogP contribution in [0.2, 0.25) is 0 Å². The second kappa shape index (κ2) is 4.61. The molecule has 0 aliphatic carbocycles. The van der Waals surface area contributed by atoms with Gasteiger partial charge in [0.2, 0.25) is 5.95 Å². The molecular formula is C14H19N3O. The van der Waals surface area contributed by atoms with Crippen LogP contribution >= 0.6 is 0 Å². The van der Waals surface area contributed by atoms with Crippen LogP contribution in [0.15, 0.2) is 18.2 Å². The maximum atomic E-state index is 6.06. The van der Waals surface area contributed by atoms with Gasteiger partial charge in [-0.05, 0) is 37.3 Å². The number of aryl methyl sites for hydroxylation is 1. The third-order valence-corrected chi connectivity index (χ3v) is 3.78. The number of fused-ring (bicyclic) bond motifs is 1. The molecule has 0 unspecified atom stereocenters. The SMILES string of the molecule is Cc1cccc2nc(N)n(CC3CCOCC3)c12. The Morgan fingerprint density at radius 1 is 1.39 bits per heavy atom. The molecule has 1 aliphatic rings. The van der Waals surface area contributed by atoms with Gasteiger partial charge in [0.1, 0.15) is 0 Å². The van der Waals surface area contributed by atoms with Gasteiger partial charge in [0, 0.05) is 19.8 Å². The lowest BCUT2D eigenvalue weighted by Gasteiger charge is -2.23. The van der Waals surface area contributed by atoms with Crippen LogP contribution in [0, 0.1) is 12.8 Å². The van der Waals surface area contributed by atoms with Crippen molar-refractivity contribution in [2.75, 3.05) is 18.9 Å². The average Bonchev–Trinajstić information content (AvgIpc) is 2.69. The number of rotatable bonds is 2. The van der Waals surface area contributed by atoms with Crippen molar-refractivity contribution < 1.29 is 4.74 Å². The van der Waals surface area contributed by atoms with E-state index in [1.54, 1.807) is 0 Å². The van der Waals surface area contributed by atoms with Gasteiger partial charge in [0.05, 0.1) is 11.0 Å². The van der Waals surface area contributed by atoms with Crippen molar-refractivity contribution in [1.82, 2.24) is 9.55 Å². The van der Waals surface area contributed by atoms with Crippen molar-refractivity contribution in [3.8, 4) is 0 Å². The molecular weight excluding hydrogens is 226 g/mol. The molecule has 3 rings (SSSR count). The maximum Gasteiger partial charge on any atom is 0.201 e. The molecule has 4 nitrogen and oxygen atoms in total. The Morgan fingerprint density at radius 2 is 2.17 bits per heavy atom. The highest BCUT2D eigenvalue weighted by Crippen LogP contribution is 2.25.